The summed E-state index contributed by atoms with van der Waals surface area (Å²) in [6.07, 6.45) is 3.72. The third-order valence-corrected chi connectivity index (χ3v) is 4.61. The lowest BCUT2D eigenvalue weighted by molar-refractivity contribution is 0.140. The Hall–Kier alpha value is -1.22. The molecule has 3 nitrogen and oxygen atoms in total. The zero-order valence-electron chi connectivity index (χ0n) is 13.5. The first-order valence-electron chi connectivity index (χ1n) is 8.13. The highest BCUT2D eigenvalue weighted by molar-refractivity contribution is 5.47. The van der Waals surface area contributed by atoms with Crippen molar-refractivity contribution in [2.24, 2.45) is 11.3 Å². The first kappa shape index (κ1) is 14.7. The van der Waals surface area contributed by atoms with Gasteiger partial charge in [-0.3, -0.25) is 0 Å². The Morgan fingerprint density at radius 2 is 1.71 bits per heavy atom. The van der Waals surface area contributed by atoms with Gasteiger partial charge in [0.25, 0.3) is 0 Å². The van der Waals surface area contributed by atoms with Gasteiger partial charge >= 0.3 is 0 Å². The molecule has 0 aromatic heterocycles. The fraction of sp³-hybridized carbons (Fsp3) is 0.667. The number of aryl methyl sites for hydroxylation is 1. The Kier molecular flexibility index (Phi) is 4.12. The second-order valence-corrected chi connectivity index (χ2v) is 7.36. The van der Waals surface area contributed by atoms with Crippen LogP contribution in [0.15, 0.2) is 12.1 Å². The number of hydrogen-bond acceptors (Lipinski definition) is 3. The van der Waals surface area contributed by atoms with Crippen molar-refractivity contribution in [1.29, 1.82) is 0 Å². The van der Waals surface area contributed by atoms with Crippen molar-refractivity contribution in [3.63, 3.8) is 0 Å². The maximum atomic E-state index is 6.01. The average Bonchev–Trinajstić information content (AvgIpc) is 2.60. The summed E-state index contributed by atoms with van der Waals surface area (Å²) < 4.78 is 12.0. The molecule has 0 bridgehead atoms. The monoisotopic (exact) mass is 289 g/mol. The van der Waals surface area contributed by atoms with Gasteiger partial charge in [0, 0.05) is 5.41 Å². The Bertz CT molecular complexity index is 504. The molecule has 0 radical (unpaired) electrons. The van der Waals surface area contributed by atoms with E-state index in [4.69, 9.17) is 9.47 Å². The Labute approximate surface area is 128 Å². The summed E-state index contributed by atoms with van der Waals surface area (Å²) in [6.45, 7) is 10.3. The van der Waals surface area contributed by atoms with Crippen molar-refractivity contribution in [3.8, 4) is 11.5 Å². The van der Waals surface area contributed by atoms with Crippen LogP contribution in [0, 0.1) is 18.3 Å². The minimum absolute atomic E-state index is 0.0716. The predicted octanol–water partition coefficient (Wildman–Crippen LogP) is 3.33. The Morgan fingerprint density at radius 3 is 2.38 bits per heavy atom. The maximum Gasteiger partial charge on any atom is 0.161 e. The number of nitrogens with one attached hydrogen (secondary N) is 1. The molecule has 1 fully saturated rings. The predicted molar refractivity (Wildman–Crippen MR) is 85.2 cm³/mol. The number of piperidine rings is 1. The molecule has 1 N–H and O–H groups in total. The molecule has 0 saturated carbocycles. The molecule has 0 spiro atoms. The van der Waals surface area contributed by atoms with Gasteiger partial charge in [-0.05, 0) is 68.5 Å². The van der Waals surface area contributed by atoms with Gasteiger partial charge in [0.05, 0.1) is 13.2 Å². The number of hydrogen-bond donors (Lipinski definition) is 1. The van der Waals surface area contributed by atoms with Gasteiger partial charge in [0.15, 0.2) is 11.5 Å². The summed E-state index contributed by atoms with van der Waals surface area (Å²) in [4.78, 5) is 0. The van der Waals surface area contributed by atoms with Crippen LogP contribution >= 0.6 is 0 Å². The van der Waals surface area contributed by atoms with E-state index in [0.717, 1.165) is 43.5 Å². The number of fused-ring (bicyclic) bond motifs is 1. The molecule has 0 unspecified atom stereocenters. The smallest absolute Gasteiger partial charge is 0.161 e. The summed E-state index contributed by atoms with van der Waals surface area (Å²) in [5, 5.41) is 3.44. The maximum absolute atomic E-state index is 6.01. The normalized spacial score (nSPS) is 21.9. The van der Waals surface area contributed by atoms with E-state index in [2.05, 4.69) is 38.2 Å². The topological polar surface area (TPSA) is 30.5 Å². The van der Waals surface area contributed by atoms with Crippen LogP contribution < -0.4 is 14.8 Å². The van der Waals surface area contributed by atoms with E-state index in [1.54, 1.807) is 0 Å². The molecule has 1 saturated heterocycles. The molecule has 3 heteroatoms. The zero-order valence-corrected chi connectivity index (χ0v) is 13.5. The lowest BCUT2D eigenvalue weighted by atomic mass is 9.89. The molecule has 0 atom stereocenters. The van der Waals surface area contributed by atoms with Crippen LogP contribution in [0.1, 0.15) is 37.8 Å². The largest absolute Gasteiger partial charge is 0.489 e. The van der Waals surface area contributed by atoms with Crippen molar-refractivity contribution >= 4 is 0 Å². The molecule has 1 aromatic carbocycles. The van der Waals surface area contributed by atoms with Crippen LogP contribution in [-0.2, 0) is 6.42 Å². The van der Waals surface area contributed by atoms with Crippen molar-refractivity contribution in [3.05, 3.63) is 23.3 Å². The SMILES string of the molecule is Cc1cc2c(cc1CC1CCNCC1)OCC(C)(C)CO2. The first-order valence-corrected chi connectivity index (χ1v) is 8.13. The molecule has 1 aromatic rings. The summed E-state index contributed by atoms with van der Waals surface area (Å²) in [6, 6.07) is 4.38. The number of benzene rings is 1. The minimum Gasteiger partial charge on any atom is -0.489 e. The Balaban J connectivity index is 1.79. The second kappa shape index (κ2) is 5.88. The molecule has 3 rings (SSSR count). The molecule has 0 amide bonds. The van der Waals surface area contributed by atoms with E-state index < -0.39 is 0 Å². The van der Waals surface area contributed by atoms with Crippen molar-refractivity contribution in [2.45, 2.75) is 40.0 Å². The second-order valence-electron chi connectivity index (χ2n) is 7.36. The van der Waals surface area contributed by atoms with Crippen LogP contribution in [0.5, 0.6) is 11.5 Å². The van der Waals surface area contributed by atoms with E-state index in [9.17, 15) is 0 Å². The number of rotatable bonds is 2. The molecular formula is C18H27NO2. The first-order chi connectivity index (χ1) is 10.0. The zero-order chi connectivity index (χ0) is 14.9. The van der Waals surface area contributed by atoms with Crippen LogP contribution in [-0.4, -0.2) is 26.3 Å². The van der Waals surface area contributed by atoms with E-state index in [1.807, 2.05) is 0 Å². The molecular weight excluding hydrogens is 262 g/mol. The summed E-state index contributed by atoms with van der Waals surface area (Å²) in [5.41, 5.74) is 2.82. The minimum atomic E-state index is 0.0716. The van der Waals surface area contributed by atoms with Gasteiger partial charge in [-0.15, -0.1) is 0 Å². The highest BCUT2D eigenvalue weighted by Gasteiger charge is 2.26. The lowest BCUT2D eigenvalue weighted by Gasteiger charge is -2.23. The van der Waals surface area contributed by atoms with E-state index in [1.165, 1.54) is 24.0 Å². The van der Waals surface area contributed by atoms with Crippen molar-refractivity contribution in [1.82, 2.24) is 5.32 Å². The molecule has 0 aliphatic carbocycles. The van der Waals surface area contributed by atoms with Gasteiger partial charge < -0.3 is 14.8 Å². The van der Waals surface area contributed by atoms with Gasteiger partial charge in [0.1, 0.15) is 0 Å². The van der Waals surface area contributed by atoms with Crippen molar-refractivity contribution < 1.29 is 9.47 Å². The highest BCUT2D eigenvalue weighted by atomic mass is 16.5. The summed E-state index contributed by atoms with van der Waals surface area (Å²) in [7, 11) is 0. The summed E-state index contributed by atoms with van der Waals surface area (Å²) >= 11 is 0. The molecule has 2 aliphatic rings. The van der Waals surface area contributed by atoms with Crippen LogP contribution in [0.2, 0.25) is 0 Å². The molecule has 2 heterocycles. The Morgan fingerprint density at radius 1 is 1.10 bits per heavy atom. The van der Waals surface area contributed by atoms with Crippen molar-refractivity contribution in [2.75, 3.05) is 26.3 Å². The fourth-order valence-electron chi connectivity index (χ4n) is 3.13. The highest BCUT2D eigenvalue weighted by Crippen LogP contribution is 2.37. The molecule has 21 heavy (non-hydrogen) atoms. The van der Waals surface area contributed by atoms with Gasteiger partial charge in [-0.2, -0.15) is 0 Å². The number of ether oxygens (including phenoxy) is 2. The van der Waals surface area contributed by atoms with Crippen LogP contribution in [0.25, 0.3) is 0 Å². The standard InChI is InChI=1S/C18H27NO2/c1-13-8-16-17(21-12-18(2,3)11-20-16)10-15(13)9-14-4-6-19-7-5-14/h8,10,14,19H,4-7,9,11-12H2,1-3H3. The summed E-state index contributed by atoms with van der Waals surface area (Å²) in [5.74, 6) is 2.63. The third-order valence-electron chi connectivity index (χ3n) is 4.61. The average molecular weight is 289 g/mol. The van der Waals surface area contributed by atoms with E-state index in [-0.39, 0.29) is 5.41 Å². The molecule has 2 aliphatic heterocycles. The van der Waals surface area contributed by atoms with Crippen LogP contribution in [0.4, 0.5) is 0 Å². The van der Waals surface area contributed by atoms with Gasteiger partial charge in [0.2, 0.25) is 0 Å². The van der Waals surface area contributed by atoms with Crippen LogP contribution in [0.3, 0.4) is 0 Å². The van der Waals surface area contributed by atoms with E-state index >= 15 is 0 Å². The third kappa shape index (κ3) is 3.52. The van der Waals surface area contributed by atoms with E-state index in [0.29, 0.717) is 6.61 Å². The molecule has 116 valence electrons. The van der Waals surface area contributed by atoms with Gasteiger partial charge in [-0.1, -0.05) is 13.8 Å². The lowest BCUT2D eigenvalue weighted by Crippen LogP contribution is -2.28. The fourth-order valence-corrected chi connectivity index (χ4v) is 3.13. The van der Waals surface area contributed by atoms with Gasteiger partial charge in [-0.25, -0.2) is 0 Å². The quantitative estimate of drug-likeness (QED) is 0.906.